The first kappa shape index (κ1) is 12.6. The molecule has 0 aliphatic carbocycles. The van der Waals surface area contributed by atoms with Crippen LogP contribution in [0, 0.1) is 11.6 Å². The Morgan fingerprint density at radius 1 is 1.31 bits per heavy atom. The van der Waals surface area contributed by atoms with Crippen molar-refractivity contribution in [1.29, 1.82) is 0 Å². The molecule has 0 saturated carbocycles. The van der Waals surface area contributed by atoms with E-state index in [-0.39, 0.29) is 5.56 Å². The number of hydrogen-bond donors (Lipinski definition) is 1. The van der Waals surface area contributed by atoms with Gasteiger partial charge in [0.05, 0.1) is 11.2 Å². The summed E-state index contributed by atoms with van der Waals surface area (Å²) in [6, 6.07) is 2.72. The van der Waals surface area contributed by atoms with Gasteiger partial charge in [-0.3, -0.25) is 9.63 Å². The highest BCUT2D eigenvalue weighted by molar-refractivity contribution is 5.93. The van der Waals surface area contributed by atoms with Crippen LogP contribution >= 0.6 is 0 Å². The van der Waals surface area contributed by atoms with Crippen LogP contribution in [0.3, 0.4) is 0 Å². The van der Waals surface area contributed by atoms with Gasteiger partial charge in [-0.25, -0.2) is 14.3 Å². The predicted molar refractivity (Wildman–Crippen MR) is 54.7 cm³/mol. The lowest BCUT2D eigenvalue weighted by molar-refractivity contribution is -0.0591. The first-order valence-corrected chi connectivity index (χ1v) is 4.73. The molecule has 0 saturated heterocycles. The van der Waals surface area contributed by atoms with Crippen molar-refractivity contribution in [2.75, 3.05) is 0 Å². The number of benzene rings is 1. The molecule has 0 aromatic heterocycles. The van der Waals surface area contributed by atoms with Crippen molar-refractivity contribution in [2.24, 2.45) is 0 Å². The maximum atomic E-state index is 13.2. The van der Waals surface area contributed by atoms with Crippen molar-refractivity contribution in [2.45, 2.75) is 26.4 Å². The third kappa shape index (κ3) is 3.58. The molecule has 0 fully saturated rings. The maximum absolute atomic E-state index is 13.2. The molecule has 88 valence electrons. The highest BCUT2D eigenvalue weighted by Crippen LogP contribution is 2.10. The largest absolute Gasteiger partial charge is 0.277 e. The lowest BCUT2D eigenvalue weighted by Gasteiger charge is -2.18. The zero-order chi connectivity index (χ0) is 12.3. The van der Waals surface area contributed by atoms with Gasteiger partial charge in [-0.15, -0.1) is 0 Å². The molecular weight excluding hydrogens is 216 g/mol. The third-order valence-corrected chi connectivity index (χ3v) is 1.63. The van der Waals surface area contributed by atoms with Gasteiger partial charge in [0.2, 0.25) is 0 Å². The van der Waals surface area contributed by atoms with Crippen molar-refractivity contribution in [3.63, 3.8) is 0 Å². The summed E-state index contributed by atoms with van der Waals surface area (Å²) in [7, 11) is 0. The number of rotatable bonds is 2. The molecule has 16 heavy (non-hydrogen) atoms. The summed E-state index contributed by atoms with van der Waals surface area (Å²) < 4.78 is 25.7. The second-order valence-corrected chi connectivity index (χ2v) is 4.27. The minimum absolute atomic E-state index is 0.259. The van der Waals surface area contributed by atoms with Crippen LogP contribution in [0.15, 0.2) is 18.2 Å². The second-order valence-electron chi connectivity index (χ2n) is 4.27. The van der Waals surface area contributed by atoms with E-state index in [1.807, 2.05) is 0 Å². The zero-order valence-corrected chi connectivity index (χ0v) is 9.30. The fourth-order valence-electron chi connectivity index (χ4n) is 0.928. The van der Waals surface area contributed by atoms with Gasteiger partial charge in [0.25, 0.3) is 5.91 Å². The smallest absolute Gasteiger partial charge is 0.268 e. The van der Waals surface area contributed by atoms with E-state index < -0.39 is 23.1 Å². The van der Waals surface area contributed by atoms with E-state index in [0.717, 1.165) is 12.1 Å². The van der Waals surface area contributed by atoms with E-state index in [0.29, 0.717) is 6.07 Å². The summed E-state index contributed by atoms with van der Waals surface area (Å²) in [5.74, 6) is -2.40. The van der Waals surface area contributed by atoms with Gasteiger partial charge in [0.1, 0.15) is 11.6 Å². The number of amides is 1. The van der Waals surface area contributed by atoms with Crippen molar-refractivity contribution in [1.82, 2.24) is 5.48 Å². The van der Waals surface area contributed by atoms with Crippen molar-refractivity contribution < 1.29 is 18.4 Å². The molecule has 1 rings (SSSR count). The van der Waals surface area contributed by atoms with Gasteiger partial charge in [-0.2, -0.15) is 0 Å². The summed E-state index contributed by atoms with van der Waals surface area (Å²) in [5.41, 5.74) is 1.26. The van der Waals surface area contributed by atoms with Crippen LogP contribution in [0.2, 0.25) is 0 Å². The minimum atomic E-state index is -0.921. The van der Waals surface area contributed by atoms with Gasteiger partial charge in [-0.1, -0.05) is 0 Å². The quantitative estimate of drug-likeness (QED) is 0.791. The topological polar surface area (TPSA) is 38.3 Å². The van der Waals surface area contributed by atoms with Crippen LogP contribution in [-0.4, -0.2) is 11.5 Å². The number of carbonyl (C=O) groups is 1. The minimum Gasteiger partial charge on any atom is -0.268 e. The van der Waals surface area contributed by atoms with Gasteiger partial charge in [0.15, 0.2) is 0 Å². The Labute approximate surface area is 92.4 Å². The Morgan fingerprint density at radius 3 is 2.44 bits per heavy atom. The highest BCUT2D eigenvalue weighted by Gasteiger charge is 2.16. The molecular formula is C11H13F2NO2. The van der Waals surface area contributed by atoms with Crippen LogP contribution < -0.4 is 5.48 Å². The summed E-state index contributed by atoms with van der Waals surface area (Å²) >= 11 is 0. The van der Waals surface area contributed by atoms with E-state index in [1.54, 1.807) is 20.8 Å². The molecule has 0 heterocycles. The monoisotopic (exact) mass is 229 g/mol. The SMILES string of the molecule is CC(C)(C)ONC(=O)c1ccc(F)cc1F. The molecule has 0 unspecified atom stereocenters. The molecule has 1 N–H and O–H groups in total. The average molecular weight is 229 g/mol. The summed E-state index contributed by atoms with van der Waals surface area (Å²) in [4.78, 5) is 16.4. The first-order chi connectivity index (χ1) is 7.29. The molecule has 1 amide bonds. The highest BCUT2D eigenvalue weighted by atomic mass is 19.1. The van der Waals surface area contributed by atoms with E-state index in [1.165, 1.54) is 0 Å². The van der Waals surface area contributed by atoms with Crippen molar-refractivity contribution in [3.05, 3.63) is 35.4 Å². The van der Waals surface area contributed by atoms with Crippen LogP contribution in [0.5, 0.6) is 0 Å². The van der Waals surface area contributed by atoms with Crippen LogP contribution in [0.1, 0.15) is 31.1 Å². The standard InChI is InChI=1S/C11H13F2NO2/c1-11(2,3)16-14-10(15)8-5-4-7(12)6-9(8)13/h4-6H,1-3H3,(H,14,15). The number of hydroxylamine groups is 1. The molecule has 0 atom stereocenters. The van der Waals surface area contributed by atoms with E-state index in [4.69, 9.17) is 4.84 Å². The maximum Gasteiger partial charge on any atom is 0.277 e. The molecule has 0 spiro atoms. The average Bonchev–Trinajstić information content (AvgIpc) is 2.13. The lowest BCUT2D eigenvalue weighted by Crippen LogP contribution is -2.33. The summed E-state index contributed by atoms with van der Waals surface area (Å²) in [6.07, 6.45) is 0. The van der Waals surface area contributed by atoms with Gasteiger partial charge < -0.3 is 0 Å². The lowest BCUT2D eigenvalue weighted by atomic mass is 10.2. The number of halogens is 2. The fourth-order valence-corrected chi connectivity index (χ4v) is 0.928. The van der Waals surface area contributed by atoms with Gasteiger partial charge in [-0.05, 0) is 32.9 Å². The molecule has 0 bridgehead atoms. The number of hydrogen-bond acceptors (Lipinski definition) is 2. The Balaban J connectivity index is 2.74. The Kier molecular flexibility index (Phi) is 3.59. The second kappa shape index (κ2) is 4.57. The van der Waals surface area contributed by atoms with E-state index in [9.17, 15) is 13.6 Å². The van der Waals surface area contributed by atoms with Crippen LogP contribution in [0.4, 0.5) is 8.78 Å². The number of carbonyl (C=O) groups excluding carboxylic acids is 1. The molecule has 1 aromatic carbocycles. The molecule has 0 aliphatic rings. The van der Waals surface area contributed by atoms with Crippen LogP contribution in [0.25, 0.3) is 0 Å². The van der Waals surface area contributed by atoms with Crippen molar-refractivity contribution >= 4 is 5.91 Å². The van der Waals surface area contributed by atoms with E-state index >= 15 is 0 Å². The zero-order valence-electron chi connectivity index (χ0n) is 9.30. The van der Waals surface area contributed by atoms with Gasteiger partial charge in [0, 0.05) is 6.07 Å². The Bertz CT molecular complexity index is 399. The van der Waals surface area contributed by atoms with Crippen LogP contribution in [-0.2, 0) is 4.84 Å². The molecule has 0 radical (unpaired) electrons. The Hall–Kier alpha value is -1.49. The normalized spacial score (nSPS) is 11.3. The first-order valence-electron chi connectivity index (χ1n) is 4.73. The van der Waals surface area contributed by atoms with Crippen molar-refractivity contribution in [3.8, 4) is 0 Å². The summed E-state index contributed by atoms with van der Waals surface area (Å²) in [6.45, 7) is 5.19. The molecule has 0 aliphatic heterocycles. The fraction of sp³-hybridized carbons (Fsp3) is 0.364. The molecule has 1 aromatic rings. The molecule has 3 nitrogen and oxygen atoms in total. The van der Waals surface area contributed by atoms with Gasteiger partial charge >= 0.3 is 0 Å². The van der Waals surface area contributed by atoms with E-state index in [2.05, 4.69) is 5.48 Å². The molecule has 5 heteroatoms. The Morgan fingerprint density at radius 2 is 1.94 bits per heavy atom. The third-order valence-electron chi connectivity index (χ3n) is 1.63. The summed E-state index contributed by atoms with van der Waals surface area (Å²) in [5, 5.41) is 0. The predicted octanol–water partition coefficient (Wildman–Crippen LogP) is 2.42. The number of nitrogens with one attached hydrogen (secondary N) is 1.